The maximum absolute atomic E-state index is 12.7. The minimum absolute atomic E-state index is 0.170. The van der Waals surface area contributed by atoms with Gasteiger partial charge in [-0.3, -0.25) is 4.90 Å². The topological polar surface area (TPSA) is 29.3 Å². The van der Waals surface area contributed by atoms with Crippen LogP contribution in [0.5, 0.6) is 0 Å². The fourth-order valence-corrected chi connectivity index (χ4v) is 2.04. The van der Waals surface area contributed by atoms with E-state index in [0.29, 0.717) is 0 Å². The quantitative estimate of drug-likeness (QED) is 0.806. The van der Waals surface area contributed by atoms with Crippen molar-refractivity contribution < 1.29 is 4.39 Å². The molecule has 1 aromatic carbocycles. The van der Waals surface area contributed by atoms with Crippen molar-refractivity contribution in [3.8, 4) is 0 Å². The molecule has 1 saturated heterocycles. The summed E-state index contributed by atoms with van der Waals surface area (Å²) in [6.45, 7) is 1.89. The molecule has 2 N–H and O–H groups in total. The largest absolute Gasteiger partial charge is 0.316 e. The molecule has 0 spiro atoms. The smallest absolute Gasteiger partial charge is 0.123 e. The standard InChI is InChI=1S/C12H17FN2/c13-11-6-4-10(5-7-11)9-15-8-2-1-3-12(15)14/h4-7,12H,1-3,8-9,14H2. The zero-order valence-electron chi connectivity index (χ0n) is 8.82. The van der Waals surface area contributed by atoms with Crippen LogP contribution in [0.2, 0.25) is 0 Å². The number of nitrogens with two attached hydrogens (primary N) is 1. The average Bonchev–Trinajstić information content (AvgIpc) is 2.25. The highest BCUT2D eigenvalue weighted by molar-refractivity contribution is 5.16. The first-order valence-corrected chi connectivity index (χ1v) is 5.50. The third-order valence-electron chi connectivity index (χ3n) is 2.96. The second kappa shape index (κ2) is 4.73. The van der Waals surface area contributed by atoms with E-state index in [1.54, 1.807) is 0 Å². The van der Waals surface area contributed by atoms with Crippen molar-refractivity contribution in [2.24, 2.45) is 5.73 Å². The van der Waals surface area contributed by atoms with E-state index in [4.69, 9.17) is 5.73 Å². The highest BCUT2D eigenvalue weighted by Crippen LogP contribution is 2.16. The van der Waals surface area contributed by atoms with Crippen LogP contribution in [0.25, 0.3) is 0 Å². The zero-order valence-corrected chi connectivity index (χ0v) is 8.82. The fourth-order valence-electron chi connectivity index (χ4n) is 2.04. The highest BCUT2D eigenvalue weighted by atomic mass is 19.1. The molecule has 2 nitrogen and oxygen atoms in total. The molecule has 1 atom stereocenters. The van der Waals surface area contributed by atoms with Crippen LogP contribution >= 0.6 is 0 Å². The zero-order chi connectivity index (χ0) is 10.7. The van der Waals surface area contributed by atoms with Gasteiger partial charge in [0.2, 0.25) is 0 Å². The van der Waals surface area contributed by atoms with Gasteiger partial charge in [0.15, 0.2) is 0 Å². The molecule has 3 heteroatoms. The van der Waals surface area contributed by atoms with Crippen molar-refractivity contribution in [2.75, 3.05) is 6.54 Å². The van der Waals surface area contributed by atoms with Gasteiger partial charge in [-0.25, -0.2) is 4.39 Å². The molecule has 0 bridgehead atoms. The van der Waals surface area contributed by atoms with E-state index in [-0.39, 0.29) is 12.0 Å². The monoisotopic (exact) mass is 208 g/mol. The lowest BCUT2D eigenvalue weighted by Gasteiger charge is -2.32. The molecule has 1 aliphatic heterocycles. The van der Waals surface area contributed by atoms with E-state index < -0.39 is 0 Å². The lowest BCUT2D eigenvalue weighted by Crippen LogP contribution is -2.44. The molecule has 82 valence electrons. The van der Waals surface area contributed by atoms with Gasteiger partial charge in [0.05, 0.1) is 6.17 Å². The van der Waals surface area contributed by atoms with Crippen molar-refractivity contribution in [2.45, 2.75) is 32.0 Å². The van der Waals surface area contributed by atoms with Crippen LogP contribution in [0.4, 0.5) is 4.39 Å². The number of rotatable bonds is 2. The van der Waals surface area contributed by atoms with Crippen molar-refractivity contribution in [3.05, 3.63) is 35.6 Å². The van der Waals surface area contributed by atoms with Crippen molar-refractivity contribution >= 4 is 0 Å². The average molecular weight is 208 g/mol. The van der Waals surface area contributed by atoms with E-state index >= 15 is 0 Å². The molecule has 1 unspecified atom stereocenters. The second-order valence-electron chi connectivity index (χ2n) is 4.16. The maximum atomic E-state index is 12.7. The Kier molecular flexibility index (Phi) is 3.34. The fraction of sp³-hybridized carbons (Fsp3) is 0.500. The molecular weight excluding hydrogens is 191 g/mol. The van der Waals surface area contributed by atoms with E-state index in [2.05, 4.69) is 4.90 Å². The number of hydrogen-bond acceptors (Lipinski definition) is 2. The molecule has 1 aliphatic rings. The summed E-state index contributed by atoms with van der Waals surface area (Å²) in [4.78, 5) is 2.26. The number of piperidine rings is 1. The van der Waals surface area contributed by atoms with Crippen molar-refractivity contribution in [1.82, 2.24) is 4.90 Å². The summed E-state index contributed by atoms with van der Waals surface area (Å²) in [7, 11) is 0. The Bertz CT molecular complexity index is 310. The van der Waals surface area contributed by atoms with Gasteiger partial charge < -0.3 is 5.73 Å². The van der Waals surface area contributed by atoms with Crippen LogP contribution in [0.15, 0.2) is 24.3 Å². The Hall–Kier alpha value is -0.930. The van der Waals surface area contributed by atoms with Crippen LogP contribution in [0.1, 0.15) is 24.8 Å². The van der Waals surface area contributed by atoms with Gasteiger partial charge in [-0.05, 0) is 43.5 Å². The van der Waals surface area contributed by atoms with E-state index in [1.807, 2.05) is 12.1 Å². The van der Waals surface area contributed by atoms with Gasteiger partial charge in [0, 0.05) is 6.54 Å². The molecule has 1 fully saturated rings. The van der Waals surface area contributed by atoms with Crippen LogP contribution < -0.4 is 5.73 Å². The van der Waals surface area contributed by atoms with Gasteiger partial charge in [-0.1, -0.05) is 12.1 Å². The summed E-state index contributed by atoms with van der Waals surface area (Å²) < 4.78 is 12.7. The molecular formula is C12H17FN2. The van der Waals surface area contributed by atoms with Crippen molar-refractivity contribution in [1.29, 1.82) is 0 Å². The van der Waals surface area contributed by atoms with Gasteiger partial charge in [-0.15, -0.1) is 0 Å². The van der Waals surface area contributed by atoms with Gasteiger partial charge in [0.25, 0.3) is 0 Å². The number of hydrogen-bond donors (Lipinski definition) is 1. The molecule has 2 rings (SSSR count). The Morgan fingerprint density at radius 3 is 2.67 bits per heavy atom. The van der Waals surface area contributed by atoms with Crippen LogP contribution in [0.3, 0.4) is 0 Å². The molecule has 0 aliphatic carbocycles. The third-order valence-corrected chi connectivity index (χ3v) is 2.96. The first-order valence-electron chi connectivity index (χ1n) is 5.50. The minimum Gasteiger partial charge on any atom is -0.316 e. The lowest BCUT2D eigenvalue weighted by molar-refractivity contribution is 0.144. The Balaban J connectivity index is 1.98. The second-order valence-corrected chi connectivity index (χ2v) is 4.16. The predicted molar refractivity (Wildman–Crippen MR) is 58.6 cm³/mol. The summed E-state index contributed by atoms with van der Waals surface area (Å²) >= 11 is 0. The molecule has 0 aromatic heterocycles. The van der Waals surface area contributed by atoms with Crippen LogP contribution in [-0.2, 0) is 6.54 Å². The summed E-state index contributed by atoms with van der Waals surface area (Å²) in [5.41, 5.74) is 7.14. The van der Waals surface area contributed by atoms with Gasteiger partial charge in [-0.2, -0.15) is 0 Å². The lowest BCUT2D eigenvalue weighted by atomic mass is 10.1. The van der Waals surface area contributed by atoms with Crippen molar-refractivity contribution in [3.63, 3.8) is 0 Å². The Labute approximate surface area is 89.9 Å². The van der Waals surface area contributed by atoms with E-state index in [9.17, 15) is 4.39 Å². The molecule has 1 aromatic rings. The SMILES string of the molecule is NC1CCCCN1Cc1ccc(F)cc1. The molecule has 0 radical (unpaired) electrons. The summed E-state index contributed by atoms with van der Waals surface area (Å²) in [6.07, 6.45) is 3.68. The molecule has 1 heterocycles. The Morgan fingerprint density at radius 2 is 2.00 bits per heavy atom. The van der Waals surface area contributed by atoms with E-state index in [1.165, 1.54) is 25.0 Å². The number of halogens is 1. The third kappa shape index (κ3) is 2.76. The van der Waals surface area contributed by atoms with Crippen LogP contribution in [0, 0.1) is 5.82 Å². The molecule has 0 saturated carbocycles. The summed E-state index contributed by atoms with van der Waals surface area (Å²) in [5, 5.41) is 0. The normalized spacial score (nSPS) is 22.9. The number of nitrogens with zero attached hydrogens (tertiary/aromatic N) is 1. The highest BCUT2D eigenvalue weighted by Gasteiger charge is 2.18. The number of benzene rings is 1. The van der Waals surface area contributed by atoms with E-state index in [0.717, 1.165) is 25.1 Å². The first kappa shape index (κ1) is 10.6. The van der Waals surface area contributed by atoms with Gasteiger partial charge >= 0.3 is 0 Å². The minimum atomic E-state index is -0.179. The molecule has 15 heavy (non-hydrogen) atoms. The molecule has 0 amide bonds. The van der Waals surface area contributed by atoms with Crippen LogP contribution in [-0.4, -0.2) is 17.6 Å². The first-order chi connectivity index (χ1) is 7.25. The maximum Gasteiger partial charge on any atom is 0.123 e. The number of likely N-dealkylation sites (tertiary alicyclic amines) is 1. The summed E-state index contributed by atoms with van der Waals surface area (Å²) in [6, 6.07) is 6.67. The predicted octanol–water partition coefficient (Wildman–Crippen LogP) is 2.10. The van der Waals surface area contributed by atoms with Gasteiger partial charge in [0.1, 0.15) is 5.82 Å². The Morgan fingerprint density at radius 1 is 1.27 bits per heavy atom. The summed E-state index contributed by atoms with van der Waals surface area (Å²) in [5.74, 6) is -0.179.